The molecular formula is C17H25BrO2. The van der Waals surface area contributed by atoms with Gasteiger partial charge in [0, 0.05) is 4.47 Å². The molecule has 0 bridgehead atoms. The first kappa shape index (κ1) is 17.2. The van der Waals surface area contributed by atoms with Crippen LogP contribution < -0.4 is 0 Å². The van der Waals surface area contributed by atoms with Crippen molar-refractivity contribution in [1.29, 1.82) is 0 Å². The molecule has 0 heterocycles. The Kier molecular flexibility index (Phi) is 7.90. The largest absolute Gasteiger partial charge is 0.481 e. The molecule has 3 heteroatoms. The number of hydrogen-bond acceptors (Lipinski definition) is 1. The van der Waals surface area contributed by atoms with Crippen LogP contribution in [0.25, 0.3) is 0 Å². The number of carbonyl (C=O) groups is 1. The predicted molar refractivity (Wildman–Crippen MR) is 86.9 cm³/mol. The standard InChI is InChI=1S/C17H25BrO2/c1-3-5-6-13(4-2)11-15(17(19)20)12-14-7-9-16(18)10-8-14/h7-10,13,15H,3-6,11-12H2,1-2H3,(H,19,20). The SMILES string of the molecule is CCCCC(CC)CC(Cc1ccc(Br)cc1)C(=O)O. The molecule has 0 radical (unpaired) electrons. The van der Waals surface area contributed by atoms with E-state index < -0.39 is 5.97 Å². The van der Waals surface area contributed by atoms with E-state index in [2.05, 4.69) is 29.8 Å². The van der Waals surface area contributed by atoms with Crippen molar-refractivity contribution in [3.8, 4) is 0 Å². The van der Waals surface area contributed by atoms with Crippen LogP contribution in [0.5, 0.6) is 0 Å². The average Bonchev–Trinajstić information content (AvgIpc) is 2.44. The van der Waals surface area contributed by atoms with Crippen LogP contribution in [0.1, 0.15) is 51.5 Å². The Bertz CT molecular complexity index is 400. The van der Waals surface area contributed by atoms with Crippen molar-refractivity contribution >= 4 is 21.9 Å². The number of benzene rings is 1. The van der Waals surface area contributed by atoms with Crippen molar-refractivity contribution in [2.75, 3.05) is 0 Å². The molecule has 112 valence electrons. The van der Waals surface area contributed by atoms with Gasteiger partial charge in [-0.05, 0) is 36.5 Å². The van der Waals surface area contributed by atoms with Crippen LogP contribution in [0.4, 0.5) is 0 Å². The van der Waals surface area contributed by atoms with E-state index in [9.17, 15) is 9.90 Å². The van der Waals surface area contributed by atoms with Gasteiger partial charge >= 0.3 is 5.97 Å². The van der Waals surface area contributed by atoms with Crippen molar-refractivity contribution < 1.29 is 9.90 Å². The zero-order valence-corrected chi connectivity index (χ0v) is 14.0. The normalized spacial score (nSPS) is 13.9. The molecule has 2 nitrogen and oxygen atoms in total. The summed E-state index contributed by atoms with van der Waals surface area (Å²) >= 11 is 3.40. The molecule has 0 aliphatic carbocycles. The van der Waals surface area contributed by atoms with Gasteiger partial charge in [0.05, 0.1) is 5.92 Å². The lowest BCUT2D eigenvalue weighted by Gasteiger charge is -2.20. The Morgan fingerprint density at radius 2 is 1.90 bits per heavy atom. The molecule has 0 fully saturated rings. The van der Waals surface area contributed by atoms with Crippen molar-refractivity contribution in [2.45, 2.75) is 52.4 Å². The maximum atomic E-state index is 11.5. The number of aliphatic carboxylic acids is 1. The van der Waals surface area contributed by atoms with Gasteiger partial charge in [-0.25, -0.2) is 0 Å². The van der Waals surface area contributed by atoms with Crippen LogP contribution in [0.15, 0.2) is 28.7 Å². The molecule has 0 aliphatic rings. The Morgan fingerprint density at radius 3 is 2.40 bits per heavy atom. The van der Waals surface area contributed by atoms with Gasteiger partial charge in [-0.15, -0.1) is 0 Å². The lowest BCUT2D eigenvalue weighted by atomic mass is 9.85. The molecule has 1 N–H and O–H groups in total. The number of unbranched alkanes of at least 4 members (excludes halogenated alkanes) is 1. The highest BCUT2D eigenvalue weighted by atomic mass is 79.9. The molecule has 0 spiro atoms. The minimum Gasteiger partial charge on any atom is -0.481 e. The van der Waals surface area contributed by atoms with E-state index in [1.165, 1.54) is 12.8 Å². The molecular weight excluding hydrogens is 316 g/mol. The highest BCUT2D eigenvalue weighted by Crippen LogP contribution is 2.25. The van der Waals surface area contributed by atoms with Crippen LogP contribution in [-0.2, 0) is 11.2 Å². The van der Waals surface area contributed by atoms with Gasteiger partial charge in [0.15, 0.2) is 0 Å². The van der Waals surface area contributed by atoms with E-state index in [-0.39, 0.29) is 5.92 Å². The summed E-state index contributed by atoms with van der Waals surface area (Å²) in [5.41, 5.74) is 1.10. The minimum atomic E-state index is -0.664. The van der Waals surface area contributed by atoms with E-state index in [0.29, 0.717) is 12.3 Å². The minimum absolute atomic E-state index is 0.266. The number of rotatable bonds is 9. The molecule has 1 aromatic rings. The van der Waals surface area contributed by atoms with Crippen molar-refractivity contribution in [3.05, 3.63) is 34.3 Å². The van der Waals surface area contributed by atoms with Crippen molar-refractivity contribution in [1.82, 2.24) is 0 Å². The summed E-state index contributed by atoms with van der Waals surface area (Å²) < 4.78 is 1.03. The fraction of sp³-hybridized carbons (Fsp3) is 0.588. The predicted octanol–water partition coefficient (Wildman–Crippen LogP) is 5.30. The lowest BCUT2D eigenvalue weighted by molar-refractivity contribution is -0.142. The van der Waals surface area contributed by atoms with Crippen LogP contribution >= 0.6 is 15.9 Å². The van der Waals surface area contributed by atoms with Crippen molar-refractivity contribution in [3.63, 3.8) is 0 Å². The molecule has 2 unspecified atom stereocenters. The number of hydrogen-bond donors (Lipinski definition) is 1. The van der Waals surface area contributed by atoms with Gasteiger partial charge in [0.25, 0.3) is 0 Å². The van der Waals surface area contributed by atoms with E-state index in [1.54, 1.807) is 0 Å². The summed E-state index contributed by atoms with van der Waals surface area (Å²) in [5, 5.41) is 9.45. The zero-order valence-electron chi connectivity index (χ0n) is 12.4. The van der Waals surface area contributed by atoms with Gasteiger partial charge in [0.2, 0.25) is 0 Å². The highest BCUT2D eigenvalue weighted by Gasteiger charge is 2.22. The molecule has 2 atom stereocenters. The zero-order chi connectivity index (χ0) is 15.0. The molecule has 0 aliphatic heterocycles. The molecule has 1 aromatic carbocycles. The molecule has 0 saturated heterocycles. The third kappa shape index (κ3) is 6.08. The summed E-state index contributed by atoms with van der Waals surface area (Å²) in [4.78, 5) is 11.5. The smallest absolute Gasteiger partial charge is 0.306 e. The van der Waals surface area contributed by atoms with E-state index in [1.807, 2.05) is 24.3 Å². The maximum absolute atomic E-state index is 11.5. The summed E-state index contributed by atoms with van der Waals surface area (Å²) in [5.74, 6) is -0.396. The van der Waals surface area contributed by atoms with E-state index in [0.717, 1.165) is 29.3 Å². The molecule has 0 amide bonds. The van der Waals surface area contributed by atoms with Crippen LogP contribution in [0, 0.1) is 11.8 Å². The second-order valence-electron chi connectivity index (χ2n) is 5.52. The molecule has 0 saturated carbocycles. The van der Waals surface area contributed by atoms with Crippen LogP contribution in [0.2, 0.25) is 0 Å². The summed E-state index contributed by atoms with van der Waals surface area (Å²) in [6.45, 7) is 4.35. The Hall–Kier alpha value is -0.830. The number of halogens is 1. The fourth-order valence-corrected chi connectivity index (χ4v) is 2.82. The first-order chi connectivity index (χ1) is 9.56. The fourth-order valence-electron chi connectivity index (χ4n) is 2.56. The lowest BCUT2D eigenvalue weighted by Crippen LogP contribution is -2.20. The second kappa shape index (κ2) is 9.17. The number of carboxylic acid groups (broad SMARTS) is 1. The molecule has 20 heavy (non-hydrogen) atoms. The van der Waals surface area contributed by atoms with Gasteiger partial charge in [-0.3, -0.25) is 4.79 Å². The van der Waals surface area contributed by atoms with Crippen molar-refractivity contribution in [2.24, 2.45) is 11.8 Å². The molecule has 0 aromatic heterocycles. The molecule has 1 rings (SSSR count). The first-order valence-electron chi connectivity index (χ1n) is 7.54. The maximum Gasteiger partial charge on any atom is 0.306 e. The third-order valence-corrected chi connectivity index (χ3v) is 4.43. The van der Waals surface area contributed by atoms with Gasteiger partial charge < -0.3 is 5.11 Å². The summed E-state index contributed by atoms with van der Waals surface area (Å²) in [6.07, 6.45) is 6.03. The van der Waals surface area contributed by atoms with Crippen LogP contribution in [0.3, 0.4) is 0 Å². The summed E-state index contributed by atoms with van der Waals surface area (Å²) in [6, 6.07) is 7.96. The van der Waals surface area contributed by atoms with E-state index >= 15 is 0 Å². The van der Waals surface area contributed by atoms with Gasteiger partial charge in [-0.2, -0.15) is 0 Å². The van der Waals surface area contributed by atoms with Gasteiger partial charge in [0.1, 0.15) is 0 Å². The second-order valence-corrected chi connectivity index (χ2v) is 6.43. The topological polar surface area (TPSA) is 37.3 Å². The number of carboxylic acids is 1. The summed E-state index contributed by atoms with van der Waals surface area (Å²) in [7, 11) is 0. The Morgan fingerprint density at radius 1 is 1.25 bits per heavy atom. The van der Waals surface area contributed by atoms with Crippen LogP contribution in [-0.4, -0.2) is 11.1 Å². The average molecular weight is 341 g/mol. The van der Waals surface area contributed by atoms with E-state index in [4.69, 9.17) is 0 Å². The highest BCUT2D eigenvalue weighted by molar-refractivity contribution is 9.10. The third-order valence-electron chi connectivity index (χ3n) is 3.91. The Labute approximate surface area is 130 Å². The first-order valence-corrected chi connectivity index (χ1v) is 8.33. The Balaban J connectivity index is 2.63. The van der Waals surface area contributed by atoms with Gasteiger partial charge in [-0.1, -0.05) is 67.6 Å². The monoisotopic (exact) mass is 340 g/mol. The quantitative estimate of drug-likeness (QED) is 0.662.